The molecular formula is C12H11BrN2. The third kappa shape index (κ3) is 2.57. The molecule has 15 heavy (non-hydrogen) atoms. The third-order valence-electron chi connectivity index (χ3n) is 2.11. The highest BCUT2D eigenvalue weighted by Gasteiger charge is 1.98. The molecule has 0 saturated carbocycles. The Balaban J connectivity index is 2.22. The summed E-state index contributed by atoms with van der Waals surface area (Å²) in [6.07, 6.45) is 1.77. The summed E-state index contributed by atoms with van der Waals surface area (Å²) in [5, 5.41) is 3.23. The maximum absolute atomic E-state index is 4.20. The Morgan fingerprint density at radius 3 is 2.73 bits per heavy atom. The number of benzene rings is 1. The normalized spacial score (nSPS) is 10.0. The van der Waals surface area contributed by atoms with Crippen molar-refractivity contribution in [3.63, 3.8) is 0 Å². The van der Waals surface area contributed by atoms with E-state index in [0.29, 0.717) is 0 Å². The molecule has 0 aliphatic heterocycles. The van der Waals surface area contributed by atoms with Gasteiger partial charge >= 0.3 is 0 Å². The molecule has 76 valence electrons. The molecule has 0 saturated heterocycles. The first-order valence-corrected chi connectivity index (χ1v) is 5.49. The maximum Gasteiger partial charge on any atom is 0.130 e. The maximum atomic E-state index is 4.20. The van der Waals surface area contributed by atoms with Gasteiger partial charge in [0.25, 0.3) is 0 Å². The zero-order valence-electron chi connectivity index (χ0n) is 8.37. The lowest BCUT2D eigenvalue weighted by Gasteiger charge is -2.06. The van der Waals surface area contributed by atoms with E-state index in [2.05, 4.69) is 39.2 Å². The summed E-state index contributed by atoms with van der Waals surface area (Å²) >= 11 is 3.50. The molecule has 0 amide bonds. The summed E-state index contributed by atoms with van der Waals surface area (Å²) in [5.41, 5.74) is 2.26. The van der Waals surface area contributed by atoms with Crippen LogP contribution in [0.4, 0.5) is 11.5 Å². The predicted molar refractivity (Wildman–Crippen MR) is 66.4 cm³/mol. The van der Waals surface area contributed by atoms with Crippen LogP contribution < -0.4 is 5.32 Å². The number of aromatic nitrogens is 1. The zero-order chi connectivity index (χ0) is 10.7. The molecule has 1 aromatic heterocycles. The van der Waals surface area contributed by atoms with Crippen LogP contribution in [0, 0.1) is 6.92 Å². The van der Waals surface area contributed by atoms with Crippen molar-refractivity contribution < 1.29 is 0 Å². The van der Waals surface area contributed by atoms with E-state index in [-0.39, 0.29) is 0 Å². The molecule has 0 bridgehead atoms. The SMILES string of the molecule is Cc1ccc(Nc2ccccn2)cc1Br. The molecule has 3 heteroatoms. The number of halogens is 1. The Hall–Kier alpha value is -1.35. The fraction of sp³-hybridized carbons (Fsp3) is 0.0833. The van der Waals surface area contributed by atoms with Gasteiger partial charge < -0.3 is 5.32 Å². The van der Waals surface area contributed by atoms with E-state index >= 15 is 0 Å². The lowest BCUT2D eigenvalue weighted by Crippen LogP contribution is -1.92. The third-order valence-corrected chi connectivity index (χ3v) is 2.96. The molecule has 0 atom stereocenters. The lowest BCUT2D eigenvalue weighted by atomic mass is 10.2. The van der Waals surface area contributed by atoms with Gasteiger partial charge in [0.15, 0.2) is 0 Å². The molecule has 1 N–H and O–H groups in total. The van der Waals surface area contributed by atoms with Crippen LogP contribution in [0.25, 0.3) is 0 Å². The fourth-order valence-electron chi connectivity index (χ4n) is 1.26. The van der Waals surface area contributed by atoms with E-state index in [0.717, 1.165) is 16.0 Å². The number of aryl methyl sites for hydroxylation is 1. The first-order valence-electron chi connectivity index (χ1n) is 4.70. The molecule has 2 aromatic rings. The van der Waals surface area contributed by atoms with E-state index in [1.54, 1.807) is 6.20 Å². The minimum absolute atomic E-state index is 0.855. The molecule has 0 unspecified atom stereocenters. The number of anilines is 2. The Bertz CT molecular complexity index is 454. The van der Waals surface area contributed by atoms with Crippen molar-refractivity contribution in [2.75, 3.05) is 5.32 Å². The van der Waals surface area contributed by atoms with Crippen LogP contribution in [0.1, 0.15) is 5.56 Å². The second kappa shape index (κ2) is 4.45. The Labute approximate surface area is 97.5 Å². The molecule has 0 spiro atoms. The van der Waals surface area contributed by atoms with E-state index in [4.69, 9.17) is 0 Å². The van der Waals surface area contributed by atoms with Crippen molar-refractivity contribution in [2.45, 2.75) is 6.92 Å². The van der Waals surface area contributed by atoms with Crippen molar-refractivity contribution in [2.24, 2.45) is 0 Å². The Kier molecular flexibility index (Phi) is 3.02. The number of hydrogen-bond acceptors (Lipinski definition) is 2. The van der Waals surface area contributed by atoms with Crippen LogP contribution in [0.2, 0.25) is 0 Å². The highest BCUT2D eigenvalue weighted by atomic mass is 79.9. The van der Waals surface area contributed by atoms with Gasteiger partial charge in [-0.3, -0.25) is 0 Å². The van der Waals surface area contributed by atoms with E-state index in [1.807, 2.05) is 30.3 Å². The summed E-state index contributed by atoms with van der Waals surface area (Å²) in [5.74, 6) is 0.855. The molecule has 2 rings (SSSR count). The highest BCUT2D eigenvalue weighted by Crippen LogP contribution is 2.22. The number of nitrogens with one attached hydrogen (secondary N) is 1. The minimum atomic E-state index is 0.855. The number of hydrogen-bond donors (Lipinski definition) is 1. The van der Waals surface area contributed by atoms with E-state index in [1.165, 1.54) is 5.56 Å². The fourth-order valence-corrected chi connectivity index (χ4v) is 1.63. The van der Waals surface area contributed by atoms with Crippen molar-refractivity contribution in [1.29, 1.82) is 0 Å². The van der Waals surface area contributed by atoms with Gasteiger partial charge in [-0.05, 0) is 36.8 Å². The average Bonchev–Trinajstić information content (AvgIpc) is 2.25. The van der Waals surface area contributed by atoms with Crippen LogP contribution in [-0.4, -0.2) is 4.98 Å². The number of pyridine rings is 1. The van der Waals surface area contributed by atoms with Crippen molar-refractivity contribution >= 4 is 27.4 Å². The summed E-state index contributed by atoms with van der Waals surface area (Å²) in [7, 11) is 0. The van der Waals surface area contributed by atoms with E-state index < -0.39 is 0 Å². The Morgan fingerprint density at radius 1 is 1.20 bits per heavy atom. The summed E-state index contributed by atoms with van der Waals surface area (Å²) in [6, 6.07) is 11.9. The molecule has 0 aliphatic rings. The van der Waals surface area contributed by atoms with Gasteiger partial charge in [0, 0.05) is 16.4 Å². The molecule has 0 radical (unpaired) electrons. The highest BCUT2D eigenvalue weighted by molar-refractivity contribution is 9.10. The topological polar surface area (TPSA) is 24.9 Å². The number of rotatable bonds is 2. The van der Waals surface area contributed by atoms with Gasteiger partial charge in [-0.1, -0.05) is 28.1 Å². The largest absolute Gasteiger partial charge is 0.340 e. The van der Waals surface area contributed by atoms with Crippen LogP contribution in [0.5, 0.6) is 0 Å². The standard InChI is InChI=1S/C12H11BrN2/c1-9-5-6-10(8-11(9)13)15-12-4-2-3-7-14-12/h2-8H,1H3,(H,14,15). The second-order valence-corrected chi connectivity index (χ2v) is 4.16. The van der Waals surface area contributed by atoms with Crippen molar-refractivity contribution in [3.05, 3.63) is 52.6 Å². The molecule has 2 nitrogen and oxygen atoms in total. The van der Waals surface area contributed by atoms with Gasteiger partial charge in [-0.25, -0.2) is 4.98 Å². The minimum Gasteiger partial charge on any atom is -0.340 e. The molecule has 1 aromatic carbocycles. The predicted octanol–water partition coefficient (Wildman–Crippen LogP) is 3.90. The van der Waals surface area contributed by atoms with Crippen LogP contribution >= 0.6 is 15.9 Å². The summed E-state index contributed by atoms with van der Waals surface area (Å²) < 4.78 is 1.10. The van der Waals surface area contributed by atoms with Crippen LogP contribution in [-0.2, 0) is 0 Å². The van der Waals surface area contributed by atoms with Gasteiger partial charge in [-0.15, -0.1) is 0 Å². The smallest absolute Gasteiger partial charge is 0.130 e. The van der Waals surface area contributed by atoms with E-state index in [9.17, 15) is 0 Å². The van der Waals surface area contributed by atoms with Crippen molar-refractivity contribution in [1.82, 2.24) is 4.98 Å². The van der Waals surface area contributed by atoms with Crippen molar-refractivity contribution in [3.8, 4) is 0 Å². The summed E-state index contributed by atoms with van der Waals surface area (Å²) in [6.45, 7) is 2.06. The van der Waals surface area contributed by atoms with Gasteiger partial charge in [0.2, 0.25) is 0 Å². The first-order chi connectivity index (χ1) is 7.25. The Morgan fingerprint density at radius 2 is 2.07 bits per heavy atom. The van der Waals surface area contributed by atoms with Gasteiger partial charge in [0.1, 0.15) is 5.82 Å². The van der Waals surface area contributed by atoms with Gasteiger partial charge in [-0.2, -0.15) is 0 Å². The molecule has 0 fully saturated rings. The first kappa shape index (κ1) is 10.2. The molecular weight excluding hydrogens is 252 g/mol. The molecule has 0 aliphatic carbocycles. The second-order valence-electron chi connectivity index (χ2n) is 3.30. The summed E-state index contributed by atoms with van der Waals surface area (Å²) in [4.78, 5) is 4.20. The van der Waals surface area contributed by atoms with Crippen LogP contribution in [0.3, 0.4) is 0 Å². The average molecular weight is 263 g/mol. The molecule has 1 heterocycles. The quantitative estimate of drug-likeness (QED) is 0.888. The monoisotopic (exact) mass is 262 g/mol. The van der Waals surface area contributed by atoms with Gasteiger partial charge in [0.05, 0.1) is 0 Å². The van der Waals surface area contributed by atoms with Crippen LogP contribution in [0.15, 0.2) is 47.1 Å². The zero-order valence-corrected chi connectivity index (χ0v) is 9.95. The number of nitrogens with zero attached hydrogens (tertiary/aromatic N) is 1. The lowest BCUT2D eigenvalue weighted by molar-refractivity contribution is 1.30.